The molecule has 0 amide bonds. The zero-order chi connectivity index (χ0) is 14.5. The van der Waals surface area contributed by atoms with Crippen molar-refractivity contribution >= 4 is 21.6 Å². The van der Waals surface area contributed by atoms with Gasteiger partial charge in [-0.2, -0.15) is 17.5 Å². The SMILES string of the molecule is O=S(=O)(CCCC(F)(F)F)N(CCCl)C1CCCC1. The molecule has 0 atom stereocenters. The third kappa shape index (κ3) is 5.87. The maximum Gasteiger partial charge on any atom is 0.389 e. The van der Waals surface area contributed by atoms with Gasteiger partial charge in [0, 0.05) is 24.9 Å². The van der Waals surface area contributed by atoms with Crippen molar-refractivity contribution in [3.63, 3.8) is 0 Å². The average Bonchev–Trinajstić information content (AvgIpc) is 2.76. The topological polar surface area (TPSA) is 37.4 Å². The summed E-state index contributed by atoms with van der Waals surface area (Å²) in [4.78, 5) is 0. The standard InChI is InChI=1S/C11H19ClF3NO2S/c12-7-8-16(10-4-1-2-5-10)19(17,18)9-3-6-11(13,14)15/h10H,1-9H2. The molecule has 3 nitrogen and oxygen atoms in total. The number of rotatable bonds is 7. The molecule has 8 heteroatoms. The smallest absolute Gasteiger partial charge is 0.212 e. The first-order valence-corrected chi connectivity index (χ1v) is 8.53. The van der Waals surface area contributed by atoms with Crippen molar-refractivity contribution in [1.82, 2.24) is 4.31 Å². The van der Waals surface area contributed by atoms with Gasteiger partial charge in [-0.15, -0.1) is 11.6 Å². The molecule has 1 aliphatic carbocycles. The van der Waals surface area contributed by atoms with Crippen LogP contribution in [0.5, 0.6) is 0 Å². The van der Waals surface area contributed by atoms with Gasteiger partial charge in [0.1, 0.15) is 0 Å². The summed E-state index contributed by atoms with van der Waals surface area (Å²) in [7, 11) is -3.64. The predicted molar refractivity (Wildman–Crippen MR) is 68.8 cm³/mol. The lowest BCUT2D eigenvalue weighted by Crippen LogP contribution is -2.41. The maximum atomic E-state index is 12.1. The van der Waals surface area contributed by atoms with Crippen LogP contribution in [-0.2, 0) is 10.0 Å². The van der Waals surface area contributed by atoms with Gasteiger partial charge in [0.2, 0.25) is 10.0 Å². The fourth-order valence-electron chi connectivity index (χ4n) is 2.40. The first-order valence-electron chi connectivity index (χ1n) is 6.38. The minimum atomic E-state index is -4.31. The molecular weight excluding hydrogens is 303 g/mol. The van der Waals surface area contributed by atoms with Crippen LogP contribution >= 0.6 is 11.6 Å². The summed E-state index contributed by atoms with van der Waals surface area (Å²) in [5, 5.41) is 0. The Kier molecular flexibility index (Phi) is 6.39. The largest absolute Gasteiger partial charge is 0.389 e. The molecule has 0 N–H and O–H groups in total. The quantitative estimate of drug-likeness (QED) is 0.676. The van der Waals surface area contributed by atoms with Crippen LogP contribution in [0.1, 0.15) is 38.5 Å². The van der Waals surface area contributed by atoms with E-state index in [9.17, 15) is 21.6 Å². The first kappa shape index (κ1) is 17.0. The van der Waals surface area contributed by atoms with Gasteiger partial charge in [0.25, 0.3) is 0 Å². The molecule has 0 aliphatic heterocycles. The highest BCUT2D eigenvalue weighted by atomic mass is 35.5. The first-order chi connectivity index (χ1) is 8.76. The van der Waals surface area contributed by atoms with E-state index in [1.165, 1.54) is 4.31 Å². The molecule has 114 valence electrons. The zero-order valence-electron chi connectivity index (χ0n) is 10.6. The van der Waals surface area contributed by atoms with Crippen molar-refractivity contribution in [3.8, 4) is 0 Å². The third-order valence-corrected chi connectivity index (χ3v) is 5.43. The molecular formula is C11H19ClF3NO2S. The summed E-state index contributed by atoms with van der Waals surface area (Å²) in [6, 6.07) is -0.0883. The van der Waals surface area contributed by atoms with Gasteiger partial charge in [-0.3, -0.25) is 0 Å². The monoisotopic (exact) mass is 321 g/mol. The molecule has 1 rings (SSSR count). The van der Waals surface area contributed by atoms with Crippen LogP contribution < -0.4 is 0 Å². The average molecular weight is 322 g/mol. The molecule has 0 bridgehead atoms. The lowest BCUT2D eigenvalue weighted by atomic mass is 10.2. The lowest BCUT2D eigenvalue weighted by Gasteiger charge is -2.27. The molecule has 0 saturated heterocycles. The molecule has 0 heterocycles. The molecule has 0 aromatic rings. The molecule has 1 aliphatic rings. The van der Waals surface area contributed by atoms with Crippen LogP contribution in [0.15, 0.2) is 0 Å². The summed E-state index contributed by atoms with van der Waals surface area (Å²) in [5.41, 5.74) is 0. The summed E-state index contributed by atoms with van der Waals surface area (Å²) in [6.45, 7) is 0.181. The van der Waals surface area contributed by atoms with Crippen molar-refractivity contribution in [2.45, 2.75) is 50.7 Å². The molecule has 0 spiro atoms. The Morgan fingerprint density at radius 1 is 1.21 bits per heavy atom. The minimum absolute atomic E-state index is 0.0883. The molecule has 0 unspecified atom stereocenters. The molecule has 0 radical (unpaired) electrons. The Bertz CT molecular complexity index is 367. The second kappa shape index (κ2) is 7.13. The Hall–Kier alpha value is -0.0100. The van der Waals surface area contributed by atoms with E-state index in [0.29, 0.717) is 0 Å². The highest BCUT2D eigenvalue weighted by molar-refractivity contribution is 7.89. The van der Waals surface area contributed by atoms with E-state index in [-0.39, 0.29) is 18.5 Å². The second-order valence-electron chi connectivity index (χ2n) is 4.77. The van der Waals surface area contributed by atoms with E-state index >= 15 is 0 Å². The van der Waals surface area contributed by atoms with Crippen LogP contribution in [0.2, 0.25) is 0 Å². The number of hydrogen-bond acceptors (Lipinski definition) is 2. The van der Waals surface area contributed by atoms with Crippen LogP contribution in [0.25, 0.3) is 0 Å². The van der Waals surface area contributed by atoms with E-state index in [0.717, 1.165) is 25.7 Å². The normalized spacial score (nSPS) is 18.4. The Labute approximate surface area is 117 Å². The Morgan fingerprint density at radius 3 is 2.26 bits per heavy atom. The van der Waals surface area contributed by atoms with Crippen LogP contribution in [0, 0.1) is 0 Å². The van der Waals surface area contributed by atoms with E-state index in [4.69, 9.17) is 11.6 Å². The fourth-order valence-corrected chi connectivity index (χ4v) is 4.46. The predicted octanol–water partition coefficient (Wildman–Crippen LogP) is 3.14. The van der Waals surface area contributed by atoms with Gasteiger partial charge in [-0.1, -0.05) is 12.8 Å². The third-order valence-electron chi connectivity index (χ3n) is 3.26. The van der Waals surface area contributed by atoms with E-state index < -0.39 is 34.8 Å². The van der Waals surface area contributed by atoms with Crippen molar-refractivity contribution in [2.24, 2.45) is 0 Å². The number of hydrogen-bond donors (Lipinski definition) is 0. The van der Waals surface area contributed by atoms with Gasteiger partial charge in [0.15, 0.2) is 0 Å². The van der Waals surface area contributed by atoms with Gasteiger partial charge >= 0.3 is 6.18 Å². The van der Waals surface area contributed by atoms with Gasteiger partial charge < -0.3 is 0 Å². The van der Waals surface area contributed by atoms with E-state index in [2.05, 4.69) is 0 Å². The van der Waals surface area contributed by atoms with Crippen LogP contribution in [0.4, 0.5) is 13.2 Å². The molecule has 19 heavy (non-hydrogen) atoms. The zero-order valence-corrected chi connectivity index (χ0v) is 12.2. The molecule has 0 aromatic heterocycles. The van der Waals surface area contributed by atoms with E-state index in [1.54, 1.807) is 0 Å². The Balaban J connectivity index is 2.60. The molecule has 1 saturated carbocycles. The summed E-state index contributed by atoms with van der Waals surface area (Å²) < 4.78 is 61.6. The van der Waals surface area contributed by atoms with Crippen molar-refractivity contribution in [1.29, 1.82) is 0 Å². The highest BCUT2D eigenvalue weighted by Gasteiger charge is 2.33. The van der Waals surface area contributed by atoms with Gasteiger partial charge in [-0.05, 0) is 19.3 Å². The van der Waals surface area contributed by atoms with Crippen molar-refractivity contribution < 1.29 is 21.6 Å². The highest BCUT2D eigenvalue weighted by Crippen LogP contribution is 2.27. The van der Waals surface area contributed by atoms with E-state index in [1.807, 2.05) is 0 Å². The van der Waals surface area contributed by atoms with Gasteiger partial charge in [-0.25, -0.2) is 8.42 Å². The van der Waals surface area contributed by atoms with Crippen LogP contribution in [-0.4, -0.2) is 43.1 Å². The Morgan fingerprint density at radius 2 is 1.79 bits per heavy atom. The number of nitrogens with zero attached hydrogens (tertiary/aromatic N) is 1. The fraction of sp³-hybridized carbons (Fsp3) is 1.00. The minimum Gasteiger partial charge on any atom is -0.212 e. The second-order valence-corrected chi connectivity index (χ2v) is 7.19. The molecule has 1 fully saturated rings. The summed E-state index contributed by atoms with van der Waals surface area (Å²) >= 11 is 5.60. The maximum absolute atomic E-state index is 12.1. The molecule has 0 aromatic carbocycles. The summed E-state index contributed by atoms with van der Waals surface area (Å²) in [6.07, 6.45) is -2.29. The summed E-state index contributed by atoms with van der Waals surface area (Å²) in [5.74, 6) is -0.297. The van der Waals surface area contributed by atoms with Crippen molar-refractivity contribution in [2.75, 3.05) is 18.2 Å². The van der Waals surface area contributed by atoms with Crippen LogP contribution in [0.3, 0.4) is 0 Å². The number of sulfonamides is 1. The van der Waals surface area contributed by atoms with Gasteiger partial charge in [0.05, 0.1) is 5.75 Å². The lowest BCUT2D eigenvalue weighted by molar-refractivity contribution is -0.134. The number of halogens is 4. The number of alkyl halides is 4. The van der Waals surface area contributed by atoms with Crippen molar-refractivity contribution in [3.05, 3.63) is 0 Å².